The molecule has 0 spiro atoms. The van der Waals surface area contributed by atoms with Crippen LogP contribution in [0.1, 0.15) is 5.56 Å². The van der Waals surface area contributed by atoms with Gasteiger partial charge >= 0.3 is 6.18 Å². The molecule has 0 fully saturated rings. The summed E-state index contributed by atoms with van der Waals surface area (Å²) in [5.74, 6) is 0. The first kappa shape index (κ1) is 11.0. The molecular formula is C10H6ClF3N2. The molecule has 0 saturated heterocycles. The number of hydrogen-bond acceptors (Lipinski definition) is 1. The molecule has 1 aromatic carbocycles. The minimum atomic E-state index is -4.43. The molecule has 2 nitrogen and oxygen atoms in total. The molecule has 0 aliphatic rings. The third-order valence-corrected chi connectivity index (χ3v) is 2.33. The van der Waals surface area contributed by atoms with Gasteiger partial charge < -0.3 is 0 Å². The third-order valence-electron chi connectivity index (χ3n) is 2.10. The molecule has 2 rings (SSSR count). The number of nitrogens with one attached hydrogen (secondary N) is 1. The highest BCUT2D eigenvalue weighted by Crippen LogP contribution is 2.38. The SMILES string of the molecule is FC(F)(F)c1cc(Cl)ccc1-c1cn[nH]c1. The normalized spacial score (nSPS) is 11.8. The van der Waals surface area contributed by atoms with Gasteiger partial charge in [0.15, 0.2) is 0 Å². The van der Waals surface area contributed by atoms with Crippen LogP contribution >= 0.6 is 11.6 Å². The highest BCUT2D eigenvalue weighted by molar-refractivity contribution is 6.30. The van der Waals surface area contributed by atoms with Crippen molar-refractivity contribution in [2.45, 2.75) is 6.18 Å². The van der Waals surface area contributed by atoms with Crippen LogP contribution in [0.15, 0.2) is 30.6 Å². The summed E-state index contributed by atoms with van der Waals surface area (Å²) in [4.78, 5) is 0. The van der Waals surface area contributed by atoms with Crippen LogP contribution in [0.4, 0.5) is 13.2 Å². The van der Waals surface area contributed by atoms with Crippen molar-refractivity contribution < 1.29 is 13.2 Å². The lowest BCUT2D eigenvalue weighted by Gasteiger charge is -2.11. The summed E-state index contributed by atoms with van der Waals surface area (Å²) in [5.41, 5.74) is -0.323. The molecule has 6 heteroatoms. The fraction of sp³-hybridized carbons (Fsp3) is 0.100. The summed E-state index contributed by atoms with van der Waals surface area (Å²) in [6.07, 6.45) is -1.70. The standard InChI is InChI=1S/C10H6ClF3N2/c11-7-1-2-8(6-4-15-16-5-6)9(3-7)10(12,13)14/h1-5H,(H,15,16). The maximum atomic E-state index is 12.7. The van der Waals surface area contributed by atoms with Gasteiger partial charge in [0.25, 0.3) is 0 Å². The molecule has 0 amide bonds. The maximum absolute atomic E-state index is 12.7. The van der Waals surface area contributed by atoms with Gasteiger partial charge in [-0.25, -0.2) is 0 Å². The average molecular weight is 247 g/mol. The summed E-state index contributed by atoms with van der Waals surface area (Å²) < 4.78 is 38.2. The average Bonchev–Trinajstić information content (AvgIpc) is 2.69. The van der Waals surface area contributed by atoms with Crippen LogP contribution in [0.3, 0.4) is 0 Å². The number of H-pyrrole nitrogens is 1. The van der Waals surface area contributed by atoms with Crippen molar-refractivity contribution in [3.63, 3.8) is 0 Å². The third kappa shape index (κ3) is 2.04. The lowest BCUT2D eigenvalue weighted by atomic mass is 10.0. The minimum absolute atomic E-state index is 0.0552. The number of hydrogen-bond donors (Lipinski definition) is 1. The second-order valence-electron chi connectivity index (χ2n) is 3.17. The number of rotatable bonds is 1. The van der Waals surface area contributed by atoms with Crippen molar-refractivity contribution in [2.75, 3.05) is 0 Å². The van der Waals surface area contributed by atoms with Crippen LogP contribution in [-0.4, -0.2) is 10.2 Å². The van der Waals surface area contributed by atoms with Crippen LogP contribution < -0.4 is 0 Å². The Bertz CT molecular complexity index is 491. The van der Waals surface area contributed by atoms with Gasteiger partial charge in [0, 0.05) is 16.8 Å². The topological polar surface area (TPSA) is 28.7 Å². The zero-order valence-corrected chi connectivity index (χ0v) is 8.60. The maximum Gasteiger partial charge on any atom is 0.417 e. The van der Waals surface area contributed by atoms with Crippen LogP contribution in [0.25, 0.3) is 11.1 Å². The van der Waals surface area contributed by atoms with Crippen LogP contribution in [-0.2, 0) is 6.18 Å². The van der Waals surface area contributed by atoms with Crippen molar-refractivity contribution in [3.8, 4) is 11.1 Å². The predicted octanol–water partition coefficient (Wildman–Crippen LogP) is 3.75. The monoisotopic (exact) mass is 246 g/mol. The molecule has 2 aromatic rings. The number of halogens is 4. The van der Waals surface area contributed by atoms with E-state index in [0.29, 0.717) is 5.56 Å². The fourth-order valence-electron chi connectivity index (χ4n) is 1.40. The first-order valence-electron chi connectivity index (χ1n) is 4.34. The van der Waals surface area contributed by atoms with Gasteiger partial charge in [-0.1, -0.05) is 17.7 Å². The summed E-state index contributed by atoms with van der Waals surface area (Å²) in [6.45, 7) is 0. The van der Waals surface area contributed by atoms with E-state index in [1.54, 1.807) is 0 Å². The van der Waals surface area contributed by atoms with Crippen molar-refractivity contribution in [3.05, 3.63) is 41.2 Å². The molecule has 16 heavy (non-hydrogen) atoms. The van der Waals surface area contributed by atoms with E-state index in [1.165, 1.54) is 24.5 Å². The molecule has 1 N–H and O–H groups in total. The summed E-state index contributed by atoms with van der Waals surface area (Å²) in [7, 11) is 0. The number of nitrogens with zero attached hydrogens (tertiary/aromatic N) is 1. The van der Waals surface area contributed by atoms with E-state index in [1.807, 2.05) is 0 Å². The van der Waals surface area contributed by atoms with E-state index in [-0.39, 0.29) is 10.6 Å². The van der Waals surface area contributed by atoms with Crippen molar-refractivity contribution >= 4 is 11.6 Å². The zero-order chi connectivity index (χ0) is 11.8. The highest BCUT2D eigenvalue weighted by atomic mass is 35.5. The van der Waals surface area contributed by atoms with Gasteiger partial charge in [0.05, 0.1) is 11.8 Å². The van der Waals surface area contributed by atoms with Gasteiger partial charge in [-0.15, -0.1) is 0 Å². The van der Waals surface area contributed by atoms with Crippen LogP contribution in [0, 0.1) is 0 Å². The Morgan fingerprint density at radius 2 is 2.00 bits per heavy atom. The second kappa shape index (κ2) is 3.83. The van der Waals surface area contributed by atoms with Gasteiger partial charge in [0.2, 0.25) is 0 Å². The highest BCUT2D eigenvalue weighted by Gasteiger charge is 2.34. The molecule has 0 bridgehead atoms. The lowest BCUT2D eigenvalue weighted by Crippen LogP contribution is -2.06. The van der Waals surface area contributed by atoms with Crippen molar-refractivity contribution in [2.24, 2.45) is 0 Å². The van der Waals surface area contributed by atoms with Gasteiger partial charge in [-0.3, -0.25) is 5.10 Å². The molecule has 0 saturated carbocycles. The molecular weight excluding hydrogens is 241 g/mol. The Hall–Kier alpha value is -1.49. The first-order valence-corrected chi connectivity index (χ1v) is 4.72. The Balaban J connectivity index is 2.62. The minimum Gasteiger partial charge on any atom is -0.285 e. The molecule has 0 radical (unpaired) electrons. The number of aromatic amines is 1. The number of aromatic nitrogens is 2. The van der Waals surface area contributed by atoms with Crippen LogP contribution in [0.5, 0.6) is 0 Å². The molecule has 84 valence electrons. The number of benzene rings is 1. The van der Waals surface area contributed by atoms with Crippen molar-refractivity contribution in [1.82, 2.24) is 10.2 Å². The summed E-state index contributed by atoms with van der Waals surface area (Å²) in [5, 5.41) is 6.15. The predicted molar refractivity (Wildman–Crippen MR) is 54.0 cm³/mol. The van der Waals surface area contributed by atoms with E-state index < -0.39 is 11.7 Å². The molecule has 1 heterocycles. The molecule has 0 aliphatic carbocycles. The summed E-state index contributed by atoms with van der Waals surface area (Å²) >= 11 is 5.56. The van der Waals surface area contributed by atoms with Gasteiger partial charge in [-0.05, 0) is 17.7 Å². The zero-order valence-electron chi connectivity index (χ0n) is 7.85. The van der Waals surface area contributed by atoms with E-state index in [2.05, 4.69) is 10.2 Å². The molecule has 1 aromatic heterocycles. The van der Waals surface area contributed by atoms with Crippen molar-refractivity contribution in [1.29, 1.82) is 0 Å². The van der Waals surface area contributed by atoms with Crippen LogP contribution in [0.2, 0.25) is 5.02 Å². The summed E-state index contributed by atoms with van der Waals surface area (Å²) in [6, 6.07) is 3.65. The first-order chi connectivity index (χ1) is 7.48. The molecule has 0 aliphatic heterocycles. The number of alkyl halides is 3. The van der Waals surface area contributed by atoms with E-state index >= 15 is 0 Å². The van der Waals surface area contributed by atoms with Gasteiger partial charge in [0.1, 0.15) is 0 Å². The Kier molecular flexibility index (Phi) is 2.63. The largest absolute Gasteiger partial charge is 0.417 e. The molecule has 0 atom stereocenters. The Morgan fingerprint density at radius 1 is 1.25 bits per heavy atom. The lowest BCUT2D eigenvalue weighted by molar-refractivity contribution is -0.137. The van der Waals surface area contributed by atoms with E-state index in [4.69, 9.17) is 11.6 Å². The second-order valence-corrected chi connectivity index (χ2v) is 3.61. The smallest absolute Gasteiger partial charge is 0.285 e. The van der Waals surface area contributed by atoms with E-state index in [0.717, 1.165) is 6.07 Å². The molecule has 0 unspecified atom stereocenters. The Labute approximate surface area is 94.1 Å². The van der Waals surface area contributed by atoms with Gasteiger partial charge in [-0.2, -0.15) is 18.3 Å². The Morgan fingerprint density at radius 3 is 2.56 bits per heavy atom. The van der Waals surface area contributed by atoms with E-state index in [9.17, 15) is 13.2 Å². The quantitative estimate of drug-likeness (QED) is 0.816. The fourth-order valence-corrected chi connectivity index (χ4v) is 1.57.